The van der Waals surface area contributed by atoms with Gasteiger partial charge in [-0.05, 0) is 28.7 Å². The highest BCUT2D eigenvalue weighted by molar-refractivity contribution is 7.90. The fourth-order valence-electron chi connectivity index (χ4n) is 2.05. The van der Waals surface area contributed by atoms with Crippen LogP contribution in [-0.4, -0.2) is 13.4 Å². The van der Waals surface area contributed by atoms with Crippen molar-refractivity contribution in [3.8, 4) is 0 Å². The summed E-state index contributed by atoms with van der Waals surface area (Å²) >= 11 is 0. The Balaban J connectivity index is 2.28. The first-order valence-corrected chi connectivity index (χ1v) is 8.38. The molecule has 0 unspecified atom stereocenters. The minimum atomic E-state index is -3.53. The fourth-order valence-corrected chi connectivity index (χ4v) is 3.47. The predicted molar refractivity (Wildman–Crippen MR) is 84.7 cm³/mol. The molecule has 1 aromatic carbocycles. The van der Waals surface area contributed by atoms with E-state index in [2.05, 4.69) is 25.8 Å². The van der Waals surface area contributed by atoms with E-state index in [0.29, 0.717) is 0 Å². The van der Waals surface area contributed by atoms with Crippen LogP contribution >= 0.6 is 0 Å². The van der Waals surface area contributed by atoms with Gasteiger partial charge in [-0.2, -0.15) is 0 Å². The van der Waals surface area contributed by atoms with Crippen LogP contribution < -0.4 is 5.73 Å². The van der Waals surface area contributed by atoms with Crippen molar-refractivity contribution in [1.29, 1.82) is 0 Å². The summed E-state index contributed by atoms with van der Waals surface area (Å²) < 4.78 is 24.7. The van der Waals surface area contributed by atoms with Crippen molar-refractivity contribution >= 4 is 15.5 Å². The van der Waals surface area contributed by atoms with Gasteiger partial charge in [0.05, 0.1) is 11.4 Å². The van der Waals surface area contributed by atoms with Gasteiger partial charge in [0.1, 0.15) is 0 Å². The first-order valence-electron chi connectivity index (χ1n) is 6.73. The van der Waals surface area contributed by atoms with Crippen LogP contribution in [0.4, 0.5) is 5.69 Å². The van der Waals surface area contributed by atoms with Crippen LogP contribution in [-0.2, 0) is 21.0 Å². The molecule has 0 radical (unpaired) electrons. The number of benzene rings is 1. The highest BCUT2D eigenvalue weighted by Gasteiger charge is 2.20. The first kappa shape index (κ1) is 15.5. The van der Waals surface area contributed by atoms with Crippen molar-refractivity contribution in [1.82, 2.24) is 4.98 Å². The molecular weight excluding hydrogens is 284 g/mol. The molecule has 0 aliphatic heterocycles. The highest BCUT2D eigenvalue weighted by atomic mass is 32.2. The lowest BCUT2D eigenvalue weighted by Gasteiger charge is -2.19. The number of hydrogen-bond donors (Lipinski definition) is 1. The molecule has 2 aromatic rings. The summed E-state index contributed by atoms with van der Waals surface area (Å²) in [6.45, 7) is 6.36. The van der Waals surface area contributed by atoms with Crippen LogP contribution in [0, 0.1) is 0 Å². The Bertz CT molecular complexity index is 730. The standard InChI is InChI=1S/C16H20N2O2S/c1-16(2,3)13-8-6-12(7-9-13)11-21(19,20)15-14(17)5-4-10-18-15/h4-10H,11,17H2,1-3H3. The third-order valence-electron chi connectivity index (χ3n) is 3.27. The Hall–Kier alpha value is -1.88. The Morgan fingerprint density at radius 2 is 1.71 bits per heavy atom. The van der Waals surface area contributed by atoms with Gasteiger partial charge in [0.15, 0.2) is 5.03 Å². The summed E-state index contributed by atoms with van der Waals surface area (Å²) in [6, 6.07) is 10.8. The van der Waals surface area contributed by atoms with E-state index in [9.17, 15) is 8.42 Å². The van der Waals surface area contributed by atoms with Crippen LogP contribution in [0.3, 0.4) is 0 Å². The third kappa shape index (κ3) is 3.61. The van der Waals surface area contributed by atoms with Gasteiger partial charge in [-0.3, -0.25) is 0 Å². The summed E-state index contributed by atoms with van der Waals surface area (Å²) in [5, 5.41) is -0.0510. The molecule has 0 amide bonds. The van der Waals surface area contributed by atoms with E-state index in [1.54, 1.807) is 12.1 Å². The summed E-state index contributed by atoms with van der Waals surface area (Å²) in [7, 11) is -3.53. The zero-order valence-corrected chi connectivity index (χ0v) is 13.3. The number of rotatable bonds is 3. The minimum Gasteiger partial charge on any atom is -0.396 e. The van der Waals surface area contributed by atoms with Gasteiger partial charge in [-0.15, -0.1) is 0 Å². The van der Waals surface area contributed by atoms with Gasteiger partial charge in [-0.25, -0.2) is 13.4 Å². The van der Waals surface area contributed by atoms with E-state index >= 15 is 0 Å². The second-order valence-electron chi connectivity index (χ2n) is 6.10. The lowest BCUT2D eigenvalue weighted by Crippen LogP contribution is -2.12. The molecule has 0 spiro atoms. The third-order valence-corrected chi connectivity index (χ3v) is 4.92. The maximum atomic E-state index is 12.4. The average molecular weight is 304 g/mol. The summed E-state index contributed by atoms with van der Waals surface area (Å²) in [5.74, 6) is -0.0986. The second-order valence-corrected chi connectivity index (χ2v) is 8.01. The molecule has 0 atom stereocenters. The maximum absolute atomic E-state index is 12.4. The van der Waals surface area contributed by atoms with E-state index in [0.717, 1.165) is 5.56 Å². The smallest absolute Gasteiger partial charge is 0.201 e. The first-order chi connectivity index (χ1) is 9.70. The number of sulfone groups is 1. The number of nitrogens with zero attached hydrogens (tertiary/aromatic N) is 1. The number of nitrogen functional groups attached to an aromatic ring is 1. The van der Waals surface area contributed by atoms with Crippen molar-refractivity contribution < 1.29 is 8.42 Å². The van der Waals surface area contributed by atoms with Crippen molar-refractivity contribution in [3.63, 3.8) is 0 Å². The molecule has 1 aromatic heterocycles. The van der Waals surface area contributed by atoms with Gasteiger partial charge < -0.3 is 5.73 Å². The fraction of sp³-hybridized carbons (Fsp3) is 0.312. The van der Waals surface area contributed by atoms with E-state index < -0.39 is 9.84 Å². The van der Waals surface area contributed by atoms with Gasteiger partial charge in [0, 0.05) is 6.20 Å². The summed E-state index contributed by atoms with van der Waals surface area (Å²) in [5.41, 5.74) is 7.83. The molecule has 5 heteroatoms. The Morgan fingerprint density at radius 3 is 2.24 bits per heavy atom. The Kier molecular flexibility index (Phi) is 4.05. The molecular formula is C16H20N2O2S. The Labute approximate surface area is 125 Å². The molecule has 0 saturated carbocycles. The normalized spacial score (nSPS) is 12.3. The number of anilines is 1. The van der Waals surface area contributed by atoms with Gasteiger partial charge in [0.2, 0.25) is 9.84 Å². The zero-order chi connectivity index (χ0) is 15.7. The minimum absolute atomic E-state index is 0.0445. The monoisotopic (exact) mass is 304 g/mol. The largest absolute Gasteiger partial charge is 0.396 e. The lowest BCUT2D eigenvalue weighted by atomic mass is 9.87. The van der Waals surface area contributed by atoms with Crippen LogP contribution in [0.1, 0.15) is 31.9 Å². The predicted octanol–water partition coefficient (Wildman–Crippen LogP) is 2.94. The van der Waals surface area contributed by atoms with Crippen molar-refractivity contribution in [2.45, 2.75) is 37.0 Å². The molecule has 2 rings (SSSR count). The zero-order valence-electron chi connectivity index (χ0n) is 12.5. The van der Waals surface area contributed by atoms with Crippen molar-refractivity contribution in [2.75, 3.05) is 5.73 Å². The molecule has 0 fully saturated rings. The van der Waals surface area contributed by atoms with Crippen LogP contribution in [0.2, 0.25) is 0 Å². The molecule has 21 heavy (non-hydrogen) atoms. The van der Waals surface area contributed by atoms with Crippen molar-refractivity contribution in [3.05, 3.63) is 53.7 Å². The van der Waals surface area contributed by atoms with Gasteiger partial charge >= 0.3 is 0 Å². The SMILES string of the molecule is CC(C)(C)c1ccc(CS(=O)(=O)c2ncccc2N)cc1. The molecule has 4 nitrogen and oxygen atoms in total. The molecule has 0 aliphatic carbocycles. The van der Waals surface area contributed by atoms with Crippen LogP contribution in [0.15, 0.2) is 47.6 Å². The molecule has 0 bridgehead atoms. The average Bonchev–Trinajstić information content (AvgIpc) is 2.38. The van der Waals surface area contributed by atoms with Gasteiger partial charge in [0.25, 0.3) is 0 Å². The second kappa shape index (κ2) is 5.48. The number of hydrogen-bond acceptors (Lipinski definition) is 4. The Morgan fingerprint density at radius 1 is 1.10 bits per heavy atom. The molecule has 2 N–H and O–H groups in total. The molecule has 0 saturated heterocycles. The quantitative estimate of drug-likeness (QED) is 0.946. The summed E-state index contributed by atoms with van der Waals surface area (Å²) in [4.78, 5) is 3.89. The molecule has 1 heterocycles. The van der Waals surface area contributed by atoms with Crippen LogP contribution in [0.5, 0.6) is 0 Å². The highest BCUT2D eigenvalue weighted by Crippen LogP contribution is 2.24. The molecule has 0 aliphatic rings. The lowest BCUT2D eigenvalue weighted by molar-refractivity contribution is 0.589. The van der Waals surface area contributed by atoms with E-state index in [-0.39, 0.29) is 21.9 Å². The van der Waals surface area contributed by atoms with Gasteiger partial charge in [-0.1, -0.05) is 45.0 Å². The number of pyridine rings is 1. The van der Waals surface area contributed by atoms with E-state index in [4.69, 9.17) is 5.73 Å². The van der Waals surface area contributed by atoms with Crippen molar-refractivity contribution in [2.24, 2.45) is 0 Å². The topological polar surface area (TPSA) is 73.0 Å². The molecule has 112 valence electrons. The number of nitrogens with two attached hydrogens (primary N) is 1. The van der Waals surface area contributed by atoms with E-state index in [1.165, 1.54) is 11.8 Å². The van der Waals surface area contributed by atoms with E-state index in [1.807, 2.05) is 24.3 Å². The summed E-state index contributed by atoms with van der Waals surface area (Å²) in [6.07, 6.45) is 1.44. The number of aromatic nitrogens is 1. The maximum Gasteiger partial charge on any atom is 0.201 e. The van der Waals surface area contributed by atoms with Crippen LogP contribution in [0.25, 0.3) is 0 Å².